The first-order valence-corrected chi connectivity index (χ1v) is 9.13. The molecule has 1 aliphatic heterocycles. The van der Waals surface area contributed by atoms with E-state index in [4.69, 9.17) is 4.74 Å². The fourth-order valence-electron chi connectivity index (χ4n) is 3.18. The van der Waals surface area contributed by atoms with Gasteiger partial charge in [0.25, 0.3) is 5.56 Å². The molecule has 1 atom stereocenters. The van der Waals surface area contributed by atoms with Crippen LogP contribution >= 0.6 is 0 Å². The number of hydrogen-bond donors (Lipinski definition) is 1. The summed E-state index contributed by atoms with van der Waals surface area (Å²) >= 11 is 0. The van der Waals surface area contributed by atoms with Crippen LogP contribution < -0.4 is 10.9 Å². The van der Waals surface area contributed by atoms with Gasteiger partial charge in [0.2, 0.25) is 5.91 Å². The first kappa shape index (κ1) is 18.1. The Morgan fingerprint density at radius 1 is 1.40 bits per heavy atom. The molecule has 1 saturated carbocycles. The van der Waals surface area contributed by atoms with E-state index in [0.717, 1.165) is 25.0 Å². The van der Waals surface area contributed by atoms with E-state index >= 15 is 0 Å². The predicted octanol–water partition coefficient (Wildman–Crippen LogP) is 2.92. The number of hydrogen-bond acceptors (Lipinski definition) is 4. The molecule has 1 aliphatic carbocycles. The minimum Gasteiger partial charge on any atom is -0.375 e. The number of nitrogens with one attached hydrogen (secondary N) is 1. The van der Waals surface area contributed by atoms with Crippen LogP contribution in [-0.2, 0) is 16.1 Å². The quantitative estimate of drug-likeness (QED) is 0.909. The summed E-state index contributed by atoms with van der Waals surface area (Å²) in [6.07, 6.45) is 3.09. The standard InChI is InChI=1S/C19H29N3O3/c1-18(2,3)17(24)20-15-8-14(13-6-7-13)21-22(16(15)23)10-12-9-19(4,5)25-11-12/h8,12-13H,6-7,9-11H2,1-5H3,(H,20,24). The summed E-state index contributed by atoms with van der Waals surface area (Å²) in [4.78, 5) is 25.1. The highest BCUT2D eigenvalue weighted by atomic mass is 16.5. The lowest BCUT2D eigenvalue weighted by Crippen LogP contribution is -2.34. The molecule has 2 heterocycles. The molecule has 25 heavy (non-hydrogen) atoms. The van der Waals surface area contributed by atoms with Crippen molar-refractivity contribution in [3.05, 3.63) is 22.1 Å². The van der Waals surface area contributed by atoms with E-state index < -0.39 is 5.41 Å². The maximum absolute atomic E-state index is 12.8. The molecule has 138 valence electrons. The van der Waals surface area contributed by atoms with Gasteiger partial charge in [0, 0.05) is 17.3 Å². The van der Waals surface area contributed by atoms with E-state index in [1.165, 1.54) is 4.68 Å². The van der Waals surface area contributed by atoms with Crippen molar-refractivity contribution in [1.29, 1.82) is 0 Å². The third kappa shape index (κ3) is 4.29. The molecule has 0 radical (unpaired) electrons. The average molecular weight is 347 g/mol. The van der Waals surface area contributed by atoms with E-state index in [2.05, 4.69) is 24.3 Å². The van der Waals surface area contributed by atoms with Crippen LogP contribution in [0.4, 0.5) is 5.69 Å². The number of carbonyl (C=O) groups excluding carboxylic acids is 1. The summed E-state index contributed by atoms with van der Waals surface area (Å²) < 4.78 is 7.31. The number of rotatable bonds is 4. The Kier molecular flexibility index (Phi) is 4.52. The fourth-order valence-corrected chi connectivity index (χ4v) is 3.18. The van der Waals surface area contributed by atoms with Gasteiger partial charge in [-0.3, -0.25) is 9.59 Å². The Bertz CT molecular complexity index is 726. The van der Waals surface area contributed by atoms with E-state index in [-0.39, 0.29) is 23.0 Å². The van der Waals surface area contributed by atoms with Crippen molar-refractivity contribution in [2.24, 2.45) is 11.3 Å². The number of anilines is 1. The van der Waals surface area contributed by atoms with Gasteiger partial charge in [-0.15, -0.1) is 0 Å². The minimum atomic E-state index is -0.552. The summed E-state index contributed by atoms with van der Waals surface area (Å²) in [6, 6.07) is 1.76. The van der Waals surface area contributed by atoms with Gasteiger partial charge in [0.05, 0.1) is 24.4 Å². The molecule has 2 fully saturated rings. The largest absolute Gasteiger partial charge is 0.375 e. The zero-order valence-electron chi connectivity index (χ0n) is 15.9. The van der Waals surface area contributed by atoms with Gasteiger partial charge in [0.15, 0.2) is 0 Å². The molecule has 0 spiro atoms. The molecule has 0 aromatic carbocycles. The van der Waals surface area contributed by atoms with Gasteiger partial charge < -0.3 is 10.1 Å². The molecule has 1 unspecified atom stereocenters. The van der Waals surface area contributed by atoms with Gasteiger partial charge >= 0.3 is 0 Å². The van der Waals surface area contributed by atoms with Crippen LogP contribution in [0.25, 0.3) is 0 Å². The Labute approximate surface area is 148 Å². The number of ether oxygens (including phenoxy) is 1. The van der Waals surface area contributed by atoms with Gasteiger partial charge in [-0.1, -0.05) is 20.8 Å². The normalized spacial score (nSPS) is 22.8. The molecule has 1 N–H and O–H groups in total. The van der Waals surface area contributed by atoms with Crippen LogP contribution in [0.3, 0.4) is 0 Å². The molecule has 2 aliphatic rings. The zero-order chi connectivity index (χ0) is 18.4. The molecule has 1 aromatic rings. The Balaban J connectivity index is 1.87. The highest BCUT2D eigenvalue weighted by molar-refractivity contribution is 5.94. The summed E-state index contributed by atoms with van der Waals surface area (Å²) in [5.74, 6) is 0.517. The van der Waals surface area contributed by atoms with Crippen LogP contribution in [-0.4, -0.2) is 27.9 Å². The summed E-state index contributed by atoms with van der Waals surface area (Å²) in [6.45, 7) is 10.8. The number of carbonyl (C=O) groups is 1. The summed E-state index contributed by atoms with van der Waals surface area (Å²) in [5.41, 5.74) is 0.318. The number of amides is 1. The molecule has 1 amide bonds. The molecular weight excluding hydrogens is 318 g/mol. The second kappa shape index (κ2) is 6.24. The lowest BCUT2D eigenvalue weighted by molar-refractivity contribution is -0.123. The van der Waals surface area contributed by atoms with E-state index in [9.17, 15) is 9.59 Å². The lowest BCUT2D eigenvalue weighted by Gasteiger charge is -2.19. The van der Waals surface area contributed by atoms with Crippen molar-refractivity contribution in [3.63, 3.8) is 0 Å². The molecule has 6 nitrogen and oxygen atoms in total. The van der Waals surface area contributed by atoms with Gasteiger partial charge in [-0.25, -0.2) is 4.68 Å². The van der Waals surface area contributed by atoms with E-state index in [0.29, 0.717) is 24.8 Å². The van der Waals surface area contributed by atoms with Gasteiger partial charge in [0.1, 0.15) is 5.69 Å². The van der Waals surface area contributed by atoms with E-state index in [1.54, 1.807) is 6.07 Å². The van der Waals surface area contributed by atoms with Crippen LogP contribution in [0.2, 0.25) is 0 Å². The van der Waals surface area contributed by atoms with Crippen molar-refractivity contribution in [1.82, 2.24) is 9.78 Å². The highest BCUT2D eigenvalue weighted by Crippen LogP contribution is 2.39. The first-order valence-electron chi connectivity index (χ1n) is 9.13. The molecule has 3 rings (SSSR count). The second-order valence-electron chi connectivity index (χ2n) is 9.09. The number of nitrogens with zero attached hydrogens (tertiary/aromatic N) is 2. The Morgan fingerprint density at radius 3 is 2.60 bits per heavy atom. The second-order valence-corrected chi connectivity index (χ2v) is 9.09. The SMILES string of the molecule is CC1(C)CC(Cn2nc(C3CC3)cc(NC(=O)C(C)(C)C)c2=O)CO1. The topological polar surface area (TPSA) is 73.2 Å². The Hall–Kier alpha value is -1.69. The van der Waals surface area contributed by atoms with Crippen LogP contribution in [0.5, 0.6) is 0 Å². The lowest BCUT2D eigenvalue weighted by atomic mass is 9.95. The summed E-state index contributed by atoms with van der Waals surface area (Å²) in [7, 11) is 0. The van der Waals surface area contributed by atoms with Gasteiger partial charge in [-0.05, 0) is 39.2 Å². The zero-order valence-corrected chi connectivity index (χ0v) is 15.9. The van der Waals surface area contributed by atoms with Crippen LogP contribution in [0, 0.1) is 11.3 Å². The predicted molar refractivity (Wildman–Crippen MR) is 96.7 cm³/mol. The third-order valence-electron chi connectivity index (χ3n) is 4.84. The molecule has 1 aromatic heterocycles. The van der Waals surface area contributed by atoms with Crippen molar-refractivity contribution in [2.75, 3.05) is 11.9 Å². The fraction of sp³-hybridized carbons (Fsp3) is 0.737. The molecule has 0 bridgehead atoms. The highest BCUT2D eigenvalue weighted by Gasteiger charge is 2.33. The summed E-state index contributed by atoms with van der Waals surface area (Å²) in [5, 5.41) is 7.38. The van der Waals surface area contributed by atoms with Crippen LogP contribution in [0.1, 0.15) is 65.5 Å². The molecular formula is C19H29N3O3. The average Bonchev–Trinajstić information content (AvgIpc) is 3.27. The number of aromatic nitrogens is 2. The third-order valence-corrected chi connectivity index (χ3v) is 4.84. The monoisotopic (exact) mass is 347 g/mol. The smallest absolute Gasteiger partial charge is 0.290 e. The van der Waals surface area contributed by atoms with Crippen molar-refractivity contribution in [3.8, 4) is 0 Å². The molecule has 1 saturated heterocycles. The van der Waals surface area contributed by atoms with Crippen molar-refractivity contribution in [2.45, 2.75) is 71.9 Å². The maximum atomic E-state index is 12.8. The van der Waals surface area contributed by atoms with Gasteiger partial charge in [-0.2, -0.15) is 5.10 Å². The van der Waals surface area contributed by atoms with Crippen molar-refractivity contribution >= 4 is 11.6 Å². The first-order chi connectivity index (χ1) is 11.5. The minimum absolute atomic E-state index is 0.147. The Morgan fingerprint density at radius 2 is 2.08 bits per heavy atom. The van der Waals surface area contributed by atoms with Crippen molar-refractivity contribution < 1.29 is 9.53 Å². The molecule has 6 heteroatoms. The van der Waals surface area contributed by atoms with Crippen LogP contribution in [0.15, 0.2) is 10.9 Å². The maximum Gasteiger partial charge on any atom is 0.290 e. The van der Waals surface area contributed by atoms with E-state index in [1.807, 2.05) is 20.8 Å².